The molecule has 1 aromatic heterocycles. The number of aromatic nitrogens is 1. The zero-order chi connectivity index (χ0) is 20.8. The third kappa shape index (κ3) is 4.93. The van der Waals surface area contributed by atoms with E-state index in [9.17, 15) is 4.79 Å². The summed E-state index contributed by atoms with van der Waals surface area (Å²) in [5.74, 6) is 1.88. The summed E-state index contributed by atoms with van der Waals surface area (Å²) in [5.41, 5.74) is 2.39. The third-order valence-corrected chi connectivity index (χ3v) is 4.58. The van der Waals surface area contributed by atoms with Crippen molar-refractivity contribution in [2.75, 3.05) is 18.5 Å². The fraction of sp³-hybridized carbons (Fsp3) is 0.174. The number of rotatable bonds is 6. The van der Waals surface area contributed by atoms with Crippen LogP contribution >= 0.6 is 0 Å². The molecular formula is C23H20N4O3. The van der Waals surface area contributed by atoms with Gasteiger partial charge in [0.2, 0.25) is 11.6 Å². The molecule has 1 unspecified atom stereocenters. The second kappa shape index (κ2) is 9.07. The van der Waals surface area contributed by atoms with Crippen LogP contribution in [0.4, 0.5) is 17.2 Å². The molecule has 0 spiro atoms. The van der Waals surface area contributed by atoms with Gasteiger partial charge in [-0.1, -0.05) is 24.3 Å². The van der Waals surface area contributed by atoms with Crippen LogP contribution in [-0.4, -0.2) is 30.1 Å². The lowest BCUT2D eigenvalue weighted by Crippen LogP contribution is -2.46. The van der Waals surface area contributed by atoms with Crippen molar-refractivity contribution in [2.45, 2.75) is 12.5 Å². The van der Waals surface area contributed by atoms with Gasteiger partial charge in [0, 0.05) is 11.9 Å². The monoisotopic (exact) mass is 400 g/mol. The number of anilines is 2. The molecule has 1 aliphatic rings. The number of benzene rings is 2. The van der Waals surface area contributed by atoms with Gasteiger partial charge in [-0.15, -0.1) is 0 Å². The summed E-state index contributed by atoms with van der Waals surface area (Å²) in [7, 11) is 0. The van der Waals surface area contributed by atoms with Gasteiger partial charge in [0.25, 0.3) is 0 Å². The zero-order valence-electron chi connectivity index (χ0n) is 16.2. The standard InChI is InChI=1S/C23H20N4O3/c1-24-21-3-2-12-25-23(21)27-17-6-10-20(11-7-17)30-19-8-4-16(5-9-19)13-18-14-29-15-22(28)26-18/h2-12,18H,13-15H2,(H,25,27)(H,26,28). The van der Waals surface area contributed by atoms with Crippen LogP contribution in [0.2, 0.25) is 0 Å². The predicted molar refractivity (Wildman–Crippen MR) is 113 cm³/mol. The van der Waals surface area contributed by atoms with Crippen molar-refractivity contribution < 1.29 is 14.3 Å². The lowest BCUT2D eigenvalue weighted by atomic mass is 10.1. The normalized spacial score (nSPS) is 15.7. The molecule has 0 aliphatic carbocycles. The number of nitrogens with one attached hydrogen (secondary N) is 2. The number of amides is 1. The van der Waals surface area contributed by atoms with Crippen LogP contribution in [-0.2, 0) is 16.0 Å². The van der Waals surface area contributed by atoms with E-state index in [1.165, 1.54) is 0 Å². The number of hydrogen-bond donors (Lipinski definition) is 2. The molecule has 0 radical (unpaired) electrons. The van der Waals surface area contributed by atoms with Gasteiger partial charge in [-0.25, -0.2) is 4.85 Å². The second-order valence-corrected chi connectivity index (χ2v) is 6.86. The smallest absolute Gasteiger partial charge is 0.246 e. The largest absolute Gasteiger partial charge is 0.457 e. The Balaban J connectivity index is 1.35. The summed E-state index contributed by atoms with van der Waals surface area (Å²) >= 11 is 0. The number of carbonyl (C=O) groups excluding carboxylic acids is 1. The molecule has 3 aromatic rings. The van der Waals surface area contributed by atoms with E-state index in [2.05, 4.69) is 20.5 Å². The van der Waals surface area contributed by atoms with Crippen molar-refractivity contribution >= 4 is 23.1 Å². The van der Waals surface area contributed by atoms with Crippen molar-refractivity contribution in [1.29, 1.82) is 0 Å². The first-order valence-electron chi connectivity index (χ1n) is 9.53. The van der Waals surface area contributed by atoms with Gasteiger partial charge in [-0.2, -0.15) is 0 Å². The van der Waals surface area contributed by atoms with Gasteiger partial charge in [0.05, 0.1) is 19.2 Å². The summed E-state index contributed by atoms with van der Waals surface area (Å²) in [4.78, 5) is 19.1. The maximum absolute atomic E-state index is 11.4. The van der Waals surface area contributed by atoms with E-state index in [-0.39, 0.29) is 18.6 Å². The van der Waals surface area contributed by atoms with Crippen molar-refractivity contribution in [1.82, 2.24) is 10.3 Å². The van der Waals surface area contributed by atoms with E-state index in [1.807, 2.05) is 48.5 Å². The Kier molecular flexibility index (Phi) is 5.88. The SMILES string of the molecule is [C-]#[N+]c1cccnc1Nc1ccc(Oc2ccc(CC3COCC(=O)N3)cc2)cc1. The molecule has 7 heteroatoms. The highest BCUT2D eigenvalue weighted by molar-refractivity contribution is 5.78. The molecule has 150 valence electrons. The van der Waals surface area contributed by atoms with Gasteiger partial charge in [0.1, 0.15) is 23.9 Å². The number of pyridine rings is 1. The van der Waals surface area contributed by atoms with Crippen LogP contribution in [0.3, 0.4) is 0 Å². The van der Waals surface area contributed by atoms with E-state index < -0.39 is 0 Å². The fourth-order valence-corrected chi connectivity index (χ4v) is 3.16. The highest BCUT2D eigenvalue weighted by Crippen LogP contribution is 2.28. The lowest BCUT2D eigenvalue weighted by Gasteiger charge is -2.23. The molecule has 2 aromatic carbocycles. The fourth-order valence-electron chi connectivity index (χ4n) is 3.16. The van der Waals surface area contributed by atoms with E-state index in [0.29, 0.717) is 30.3 Å². The summed E-state index contributed by atoms with van der Waals surface area (Å²) in [6.07, 6.45) is 2.36. The molecular weight excluding hydrogens is 380 g/mol. The van der Waals surface area contributed by atoms with Gasteiger partial charge in [-0.05, 0) is 48.4 Å². The van der Waals surface area contributed by atoms with Crippen molar-refractivity contribution in [3.8, 4) is 11.5 Å². The van der Waals surface area contributed by atoms with Crippen molar-refractivity contribution in [3.05, 3.63) is 83.8 Å². The summed E-state index contributed by atoms with van der Waals surface area (Å²) in [6.45, 7) is 7.87. The van der Waals surface area contributed by atoms with E-state index in [4.69, 9.17) is 16.0 Å². The van der Waals surface area contributed by atoms with Gasteiger partial charge in [0.15, 0.2) is 0 Å². The Morgan fingerprint density at radius 3 is 2.57 bits per heavy atom. The Bertz CT molecular complexity index is 1060. The molecule has 0 saturated carbocycles. The van der Waals surface area contributed by atoms with Crippen LogP contribution < -0.4 is 15.4 Å². The molecule has 1 amide bonds. The summed E-state index contributed by atoms with van der Waals surface area (Å²) in [5, 5.41) is 6.07. The number of nitrogens with zero attached hydrogens (tertiary/aromatic N) is 2. The molecule has 1 fully saturated rings. The molecule has 1 aliphatic heterocycles. The molecule has 1 atom stereocenters. The average Bonchev–Trinajstić information content (AvgIpc) is 2.77. The Hall–Kier alpha value is -3.89. The topological polar surface area (TPSA) is 76.8 Å². The first-order valence-corrected chi connectivity index (χ1v) is 9.53. The van der Waals surface area contributed by atoms with Crippen LogP contribution in [0.15, 0.2) is 66.9 Å². The van der Waals surface area contributed by atoms with E-state index in [0.717, 1.165) is 17.0 Å². The van der Waals surface area contributed by atoms with Crippen molar-refractivity contribution in [3.63, 3.8) is 0 Å². The van der Waals surface area contributed by atoms with Crippen LogP contribution in [0, 0.1) is 6.57 Å². The van der Waals surface area contributed by atoms with Crippen molar-refractivity contribution in [2.24, 2.45) is 0 Å². The van der Waals surface area contributed by atoms with Crippen LogP contribution in [0.25, 0.3) is 4.85 Å². The summed E-state index contributed by atoms with van der Waals surface area (Å²) < 4.78 is 11.2. The molecule has 2 heterocycles. The first-order chi connectivity index (χ1) is 14.7. The van der Waals surface area contributed by atoms with Gasteiger partial charge in [-0.3, -0.25) is 9.78 Å². The third-order valence-electron chi connectivity index (χ3n) is 4.58. The quantitative estimate of drug-likeness (QED) is 0.606. The molecule has 4 rings (SSSR count). The predicted octanol–water partition coefficient (Wildman–Crippen LogP) is 4.23. The van der Waals surface area contributed by atoms with Crippen LogP contribution in [0.1, 0.15) is 5.56 Å². The second-order valence-electron chi connectivity index (χ2n) is 6.86. The highest BCUT2D eigenvalue weighted by atomic mass is 16.5. The Morgan fingerprint density at radius 1 is 1.13 bits per heavy atom. The van der Waals surface area contributed by atoms with E-state index in [1.54, 1.807) is 18.3 Å². The minimum atomic E-state index is -0.0718. The number of morpholine rings is 1. The lowest BCUT2D eigenvalue weighted by molar-refractivity contribution is -0.131. The minimum absolute atomic E-state index is 0.000495. The molecule has 2 N–H and O–H groups in total. The number of ether oxygens (including phenoxy) is 2. The molecule has 1 saturated heterocycles. The number of hydrogen-bond acceptors (Lipinski definition) is 5. The molecule has 0 bridgehead atoms. The molecule has 7 nitrogen and oxygen atoms in total. The average molecular weight is 400 g/mol. The Labute approximate surface area is 174 Å². The van der Waals surface area contributed by atoms with Gasteiger partial charge >= 0.3 is 0 Å². The first kappa shape index (κ1) is 19.4. The maximum Gasteiger partial charge on any atom is 0.246 e. The molecule has 30 heavy (non-hydrogen) atoms. The zero-order valence-corrected chi connectivity index (χ0v) is 16.2. The van der Waals surface area contributed by atoms with Gasteiger partial charge < -0.3 is 20.1 Å². The maximum atomic E-state index is 11.4. The number of carbonyl (C=O) groups is 1. The summed E-state index contributed by atoms with van der Waals surface area (Å²) in [6, 6.07) is 18.7. The highest BCUT2D eigenvalue weighted by Gasteiger charge is 2.18. The van der Waals surface area contributed by atoms with E-state index >= 15 is 0 Å². The Morgan fingerprint density at radius 2 is 1.87 bits per heavy atom. The minimum Gasteiger partial charge on any atom is -0.457 e. The van der Waals surface area contributed by atoms with Crippen LogP contribution in [0.5, 0.6) is 11.5 Å².